The zero-order valence-corrected chi connectivity index (χ0v) is 8.60. The standard InChI is InChI=1S/C12H16O2/c1-8(13)11-7-12(11)9-4-3-5-10(6-9)14-2/h3-6,8,11-13H,7H2,1-2H3/t8-,11-,12+/m0/s1. The molecule has 76 valence electrons. The van der Waals surface area contributed by atoms with Crippen molar-refractivity contribution in [2.75, 3.05) is 7.11 Å². The predicted molar refractivity (Wildman–Crippen MR) is 55.5 cm³/mol. The van der Waals surface area contributed by atoms with Crippen molar-refractivity contribution < 1.29 is 9.84 Å². The van der Waals surface area contributed by atoms with Crippen LogP contribution in [0.25, 0.3) is 0 Å². The number of aliphatic hydroxyl groups excluding tert-OH is 1. The lowest BCUT2D eigenvalue weighted by Crippen LogP contribution is -2.03. The van der Waals surface area contributed by atoms with E-state index in [2.05, 4.69) is 12.1 Å². The molecule has 1 aromatic rings. The van der Waals surface area contributed by atoms with Gasteiger partial charge in [-0.25, -0.2) is 0 Å². The van der Waals surface area contributed by atoms with Crippen LogP contribution < -0.4 is 4.74 Å². The fourth-order valence-corrected chi connectivity index (χ4v) is 2.00. The number of hydrogen-bond acceptors (Lipinski definition) is 2. The molecule has 0 aromatic heterocycles. The van der Waals surface area contributed by atoms with Gasteiger partial charge in [-0.05, 0) is 42.9 Å². The zero-order chi connectivity index (χ0) is 10.1. The molecule has 0 unspecified atom stereocenters. The largest absolute Gasteiger partial charge is 0.497 e. The molecule has 0 saturated heterocycles. The summed E-state index contributed by atoms with van der Waals surface area (Å²) in [4.78, 5) is 0. The first-order valence-corrected chi connectivity index (χ1v) is 5.04. The summed E-state index contributed by atoms with van der Waals surface area (Å²) in [6.45, 7) is 1.87. The third kappa shape index (κ3) is 1.75. The Balaban J connectivity index is 2.11. The average molecular weight is 192 g/mol. The Hall–Kier alpha value is -1.02. The van der Waals surface area contributed by atoms with Crippen LogP contribution in [0.2, 0.25) is 0 Å². The van der Waals surface area contributed by atoms with Crippen molar-refractivity contribution in [1.82, 2.24) is 0 Å². The number of methoxy groups -OCH3 is 1. The summed E-state index contributed by atoms with van der Waals surface area (Å²) in [6.07, 6.45) is 0.913. The maximum atomic E-state index is 9.42. The van der Waals surface area contributed by atoms with E-state index in [1.165, 1.54) is 5.56 Å². The summed E-state index contributed by atoms with van der Waals surface area (Å²) in [5.41, 5.74) is 1.29. The van der Waals surface area contributed by atoms with Crippen molar-refractivity contribution in [2.24, 2.45) is 5.92 Å². The normalized spacial score (nSPS) is 27.1. The van der Waals surface area contributed by atoms with Gasteiger partial charge in [-0.15, -0.1) is 0 Å². The molecule has 0 spiro atoms. The molecule has 14 heavy (non-hydrogen) atoms. The highest BCUT2D eigenvalue weighted by molar-refractivity contribution is 5.34. The molecule has 1 aromatic carbocycles. The highest BCUT2D eigenvalue weighted by atomic mass is 16.5. The van der Waals surface area contributed by atoms with Gasteiger partial charge in [-0.3, -0.25) is 0 Å². The Morgan fingerprint density at radius 2 is 2.29 bits per heavy atom. The van der Waals surface area contributed by atoms with E-state index in [1.807, 2.05) is 19.1 Å². The summed E-state index contributed by atoms with van der Waals surface area (Å²) in [5, 5.41) is 9.42. The Labute approximate surface area is 84.5 Å². The third-order valence-electron chi connectivity index (χ3n) is 2.98. The van der Waals surface area contributed by atoms with Crippen molar-refractivity contribution in [2.45, 2.75) is 25.4 Å². The van der Waals surface area contributed by atoms with Crippen molar-refractivity contribution in [3.05, 3.63) is 29.8 Å². The zero-order valence-electron chi connectivity index (χ0n) is 8.60. The van der Waals surface area contributed by atoms with E-state index >= 15 is 0 Å². The molecule has 1 aliphatic rings. The van der Waals surface area contributed by atoms with E-state index in [0.717, 1.165) is 12.2 Å². The SMILES string of the molecule is COc1cccc([C@H]2C[C@H]2[C@H](C)O)c1. The van der Waals surface area contributed by atoms with Gasteiger partial charge in [0.15, 0.2) is 0 Å². The molecule has 0 heterocycles. The van der Waals surface area contributed by atoms with E-state index in [9.17, 15) is 5.11 Å². The van der Waals surface area contributed by atoms with Crippen molar-refractivity contribution in [1.29, 1.82) is 0 Å². The van der Waals surface area contributed by atoms with Crippen LogP contribution >= 0.6 is 0 Å². The van der Waals surface area contributed by atoms with Crippen LogP contribution in [0.1, 0.15) is 24.8 Å². The molecule has 0 radical (unpaired) electrons. The smallest absolute Gasteiger partial charge is 0.119 e. The molecule has 0 amide bonds. The third-order valence-corrected chi connectivity index (χ3v) is 2.98. The lowest BCUT2D eigenvalue weighted by atomic mass is 10.1. The van der Waals surface area contributed by atoms with E-state index in [1.54, 1.807) is 7.11 Å². The van der Waals surface area contributed by atoms with E-state index in [0.29, 0.717) is 11.8 Å². The van der Waals surface area contributed by atoms with Crippen LogP contribution in [-0.4, -0.2) is 18.3 Å². The van der Waals surface area contributed by atoms with Gasteiger partial charge in [0.05, 0.1) is 13.2 Å². The fraction of sp³-hybridized carbons (Fsp3) is 0.500. The first-order valence-electron chi connectivity index (χ1n) is 5.04. The van der Waals surface area contributed by atoms with Crippen LogP contribution in [-0.2, 0) is 0 Å². The summed E-state index contributed by atoms with van der Waals surface area (Å²) >= 11 is 0. The number of benzene rings is 1. The molecule has 0 bridgehead atoms. The summed E-state index contributed by atoms with van der Waals surface area (Å²) in [7, 11) is 1.68. The van der Waals surface area contributed by atoms with Gasteiger partial charge in [-0.2, -0.15) is 0 Å². The van der Waals surface area contributed by atoms with Crippen molar-refractivity contribution in [3.8, 4) is 5.75 Å². The molecule has 2 heteroatoms. The molecule has 3 atom stereocenters. The first kappa shape index (κ1) is 9.53. The quantitative estimate of drug-likeness (QED) is 0.795. The number of hydrogen-bond donors (Lipinski definition) is 1. The number of aliphatic hydroxyl groups is 1. The molecule has 1 fully saturated rings. The van der Waals surface area contributed by atoms with Crippen LogP contribution in [0.15, 0.2) is 24.3 Å². The minimum atomic E-state index is -0.189. The predicted octanol–water partition coefficient (Wildman–Crippen LogP) is 2.18. The highest BCUT2D eigenvalue weighted by Gasteiger charge is 2.41. The molecule has 1 saturated carbocycles. The fourth-order valence-electron chi connectivity index (χ4n) is 2.00. The van der Waals surface area contributed by atoms with Gasteiger partial charge in [0.1, 0.15) is 5.75 Å². The molecular weight excluding hydrogens is 176 g/mol. The summed E-state index contributed by atoms with van der Waals surface area (Å²) in [5.74, 6) is 1.88. The second-order valence-corrected chi connectivity index (χ2v) is 4.02. The first-order chi connectivity index (χ1) is 6.72. The van der Waals surface area contributed by atoms with E-state index in [4.69, 9.17) is 4.74 Å². The minimum absolute atomic E-state index is 0.189. The molecule has 2 rings (SSSR count). The average Bonchev–Trinajstić information content (AvgIpc) is 2.97. The van der Waals surface area contributed by atoms with E-state index in [-0.39, 0.29) is 6.10 Å². The monoisotopic (exact) mass is 192 g/mol. The molecule has 1 aliphatic carbocycles. The summed E-state index contributed by atoms with van der Waals surface area (Å²) in [6, 6.07) is 8.12. The van der Waals surface area contributed by atoms with Gasteiger partial charge in [-0.1, -0.05) is 12.1 Å². The lowest BCUT2D eigenvalue weighted by molar-refractivity contribution is 0.169. The lowest BCUT2D eigenvalue weighted by Gasteiger charge is -2.05. The van der Waals surface area contributed by atoms with E-state index < -0.39 is 0 Å². The molecular formula is C12H16O2. The van der Waals surface area contributed by atoms with Crippen LogP contribution in [0.4, 0.5) is 0 Å². The van der Waals surface area contributed by atoms with Crippen molar-refractivity contribution in [3.63, 3.8) is 0 Å². The highest BCUT2D eigenvalue weighted by Crippen LogP contribution is 2.49. The van der Waals surface area contributed by atoms with Gasteiger partial charge in [0.2, 0.25) is 0 Å². The van der Waals surface area contributed by atoms with Gasteiger partial charge >= 0.3 is 0 Å². The van der Waals surface area contributed by atoms with Gasteiger partial charge < -0.3 is 9.84 Å². The Kier molecular flexibility index (Phi) is 2.46. The maximum absolute atomic E-state index is 9.42. The Bertz CT molecular complexity index is 320. The second-order valence-electron chi connectivity index (χ2n) is 4.02. The Morgan fingerprint density at radius 1 is 1.50 bits per heavy atom. The minimum Gasteiger partial charge on any atom is -0.497 e. The Morgan fingerprint density at radius 3 is 2.86 bits per heavy atom. The number of rotatable bonds is 3. The molecule has 1 N–H and O–H groups in total. The second kappa shape index (κ2) is 3.62. The van der Waals surface area contributed by atoms with Crippen LogP contribution in [0.3, 0.4) is 0 Å². The molecule has 2 nitrogen and oxygen atoms in total. The van der Waals surface area contributed by atoms with Gasteiger partial charge in [0, 0.05) is 0 Å². The van der Waals surface area contributed by atoms with Crippen LogP contribution in [0.5, 0.6) is 5.75 Å². The van der Waals surface area contributed by atoms with Gasteiger partial charge in [0.25, 0.3) is 0 Å². The topological polar surface area (TPSA) is 29.5 Å². The number of ether oxygens (including phenoxy) is 1. The maximum Gasteiger partial charge on any atom is 0.119 e. The molecule has 0 aliphatic heterocycles. The van der Waals surface area contributed by atoms with Crippen molar-refractivity contribution >= 4 is 0 Å². The van der Waals surface area contributed by atoms with Crippen LogP contribution in [0, 0.1) is 5.92 Å². The summed E-state index contributed by atoms with van der Waals surface area (Å²) < 4.78 is 5.17.